The molecule has 1 N–H and O–H groups in total. The lowest BCUT2D eigenvalue weighted by Crippen LogP contribution is -2.15. The Morgan fingerprint density at radius 1 is 1.19 bits per heavy atom. The number of hydrogen-bond acceptors (Lipinski definition) is 4. The average molecular weight is 387 g/mol. The summed E-state index contributed by atoms with van der Waals surface area (Å²) in [6, 6.07) is 11.6. The Morgan fingerprint density at radius 2 is 2.00 bits per heavy atom. The minimum atomic E-state index is -0.0832. The van der Waals surface area contributed by atoms with E-state index in [4.69, 9.17) is 11.6 Å². The van der Waals surface area contributed by atoms with Gasteiger partial charge in [0.05, 0.1) is 11.4 Å². The van der Waals surface area contributed by atoms with Crippen molar-refractivity contribution in [1.82, 2.24) is 14.8 Å². The first kappa shape index (κ1) is 18.5. The molecular formula is C19H19ClN4OS. The van der Waals surface area contributed by atoms with Crippen LogP contribution in [-0.4, -0.2) is 26.4 Å². The van der Waals surface area contributed by atoms with Crippen LogP contribution in [0, 0.1) is 20.8 Å². The van der Waals surface area contributed by atoms with Crippen LogP contribution in [0.4, 0.5) is 5.69 Å². The number of hydrogen-bond donors (Lipinski definition) is 1. The van der Waals surface area contributed by atoms with Crippen LogP contribution in [0.1, 0.15) is 16.7 Å². The molecule has 0 aliphatic carbocycles. The van der Waals surface area contributed by atoms with E-state index in [1.54, 1.807) is 6.33 Å². The molecule has 0 saturated carbocycles. The third-order valence-corrected chi connectivity index (χ3v) is 5.51. The third-order valence-electron chi connectivity index (χ3n) is 4.16. The molecule has 1 heterocycles. The van der Waals surface area contributed by atoms with Crippen LogP contribution < -0.4 is 5.32 Å². The number of halogens is 1. The molecular weight excluding hydrogens is 368 g/mol. The zero-order valence-electron chi connectivity index (χ0n) is 14.8. The van der Waals surface area contributed by atoms with Crippen molar-refractivity contribution >= 4 is 35.0 Å². The Hall–Kier alpha value is -2.31. The fourth-order valence-electron chi connectivity index (χ4n) is 2.43. The molecule has 0 radical (unpaired) electrons. The van der Waals surface area contributed by atoms with E-state index in [2.05, 4.69) is 15.5 Å². The van der Waals surface area contributed by atoms with E-state index < -0.39 is 0 Å². The zero-order chi connectivity index (χ0) is 18.7. The number of nitrogens with zero attached hydrogens (tertiary/aromatic N) is 3. The second-order valence-electron chi connectivity index (χ2n) is 6.00. The Kier molecular flexibility index (Phi) is 5.64. The molecule has 26 heavy (non-hydrogen) atoms. The van der Waals surface area contributed by atoms with E-state index >= 15 is 0 Å². The van der Waals surface area contributed by atoms with Gasteiger partial charge in [0.25, 0.3) is 0 Å². The van der Waals surface area contributed by atoms with Gasteiger partial charge in [-0.3, -0.25) is 9.36 Å². The van der Waals surface area contributed by atoms with Gasteiger partial charge in [-0.15, -0.1) is 10.2 Å². The van der Waals surface area contributed by atoms with E-state index in [0.29, 0.717) is 10.2 Å². The van der Waals surface area contributed by atoms with Crippen LogP contribution >= 0.6 is 23.4 Å². The summed E-state index contributed by atoms with van der Waals surface area (Å²) in [7, 11) is 0. The highest BCUT2D eigenvalue weighted by molar-refractivity contribution is 7.99. The quantitative estimate of drug-likeness (QED) is 0.652. The van der Waals surface area contributed by atoms with Gasteiger partial charge >= 0.3 is 0 Å². The lowest BCUT2D eigenvalue weighted by molar-refractivity contribution is -0.113. The van der Waals surface area contributed by atoms with E-state index in [-0.39, 0.29) is 11.7 Å². The summed E-state index contributed by atoms with van der Waals surface area (Å²) in [5.41, 5.74) is 4.92. The summed E-state index contributed by atoms with van der Waals surface area (Å²) in [6.07, 6.45) is 1.62. The molecule has 134 valence electrons. The number of thioether (sulfide) groups is 1. The van der Waals surface area contributed by atoms with Crippen molar-refractivity contribution in [2.24, 2.45) is 0 Å². The first-order valence-electron chi connectivity index (χ1n) is 8.11. The normalized spacial score (nSPS) is 10.8. The largest absolute Gasteiger partial charge is 0.325 e. The van der Waals surface area contributed by atoms with Gasteiger partial charge in [-0.25, -0.2) is 0 Å². The number of benzene rings is 2. The predicted octanol–water partition coefficient (Wildman–Crippen LogP) is 4.58. The standard InChI is InChI=1S/C19H19ClN4OS/c1-12-5-4-6-17(14(12)3)22-18(25)10-26-19-23-21-11-24(19)15-8-7-13(2)16(20)9-15/h4-9,11H,10H2,1-3H3,(H,22,25). The second-order valence-corrected chi connectivity index (χ2v) is 7.35. The van der Waals surface area contributed by atoms with Crippen molar-refractivity contribution < 1.29 is 4.79 Å². The maximum Gasteiger partial charge on any atom is 0.234 e. The summed E-state index contributed by atoms with van der Waals surface area (Å²) in [6.45, 7) is 5.97. The minimum absolute atomic E-state index is 0.0832. The third kappa shape index (κ3) is 4.08. The van der Waals surface area contributed by atoms with Gasteiger partial charge in [-0.2, -0.15) is 0 Å². The van der Waals surface area contributed by atoms with Crippen molar-refractivity contribution in [2.45, 2.75) is 25.9 Å². The molecule has 0 atom stereocenters. The molecule has 2 aromatic carbocycles. The average Bonchev–Trinajstić information content (AvgIpc) is 3.08. The number of rotatable bonds is 5. The first-order chi connectivity index (χ1) is 12.5. The van der Waals surface area contributed by atoms with Crippen LogP contribution in [0.2, 0.25) is 5.02 Å². The number of aryl methyl sites for hydroxylation is 2. The molecule has 3 aromatic rings. The summed E-state index contributed by atoms with van der Waals surface area (Å²) < 4.78 is 1.82. The maximum atomic E-state index is 12.3. The van der Waals surface area contributed by atoms with Crippen molar-refractivity contribution in [3.63, 3.8) is 0 Å². The lowest BCUT2D eigenvalue weighted by Gasteiger charge is -2.10. The molecule has 1 aromatic heterocycles. The lowest BCUT2D eigenvalue weighted by atomic mass is 10.1. The van der Waals surface area contributed by atoms with E-state index in [0.717, 1.165) is 28.1 Å². The van der Waals surface area contributed by atoms with E-state index in [9.17, 15) is 4.79 Å². The molecule has 0 aliphatic heterocycles. The van der Waals surface area contributed by atoms with Crippen molar-refractivity contribution in [3.8, 4) is 5.69 Å². The molecule has 0 unspecified atom stereocenters. The topological polar surface area (TPSA) is 59.8 Å². The Bertz CT molecular complexity index is 954. The van der Waals surface area contributed by atoms with Crippen LogP contribution in [0.15, 0.2) is 47.9 Å². The summed E-state index contributed by atoms with van der Waals surface area (Å²) in [5, 5.41) is 12.3. The van der Waals surface area contributed by atoms with Crippen LogP contribution in [0.5, 0.6) is 0 Å². The Balaban J connectivity index is 1.69. The summed E-state index contributed by atoms with van der Waals surface area (Å²) in [4.78, 5) is 12.3. The summed E-state index contributed by atoms with van der Waals surface area (Å²) >= 11 is 7.53. The Morgan fingerprint density at radius 3 is 2.77 bits per heavy atom. The molecule has 5 nitrogen and oxygen atoms in total. The molecule has 0 bridgehead atoms. The highest BCUT2D eigenvalue weighted by atomic mass is 35.5. The van der Waals surface area contributed by atoms with E-state index in [1.807, 2.05) is 61.7 Å². The molecule has 0 aliphatic rings. The Labute approximate surface area is 161 Å². The predicted molar refractivity (Wildman–Crippen MR) is 106 cm³/mol. The van der Waals surface area contributed by atoms with Gasteiger partial charge in [0.2, 0.25) is 5.91 Å². The smallest absolute Gasteiger partial charge is 0.234 e. The van der Waals surface area contributed by atoms with Gasteiger partial charge in [0.1, 0.15) is 6.33 Å². The zero-order valence-corrected chi connectivity index (χ0v) is 16.4. The van der Waals surface area contributed by atoms with Gasteiger partial charge in [-0.1, -0.05) is 41.6 Å². The molecule has 1 amide bonds. The minimum Gasteiger partial charge on any atom is -0.325 e. The van der Waals surface area contributed by atoms with Crippen molar-refractivity contribution in [1.29, 1.82) is 0 Å². The van der Waals surface area contributed by atoms with E-state index in [1.165, 1.54) is 11.8 Å². The SMILES string of the molecule is Cc1ccc(-n2cnnc2SCC(=O)Nc2cccc(C)c2C)cc1Cl. The van der Waals surface area contributed by atoms with Gasteiger partial charge < -0.3 is 5.32 Å². The number of aromatic nitrogens is 3. The summed E-state index contributed by atoms with van der Waals surface area (Å²) in [5.74, 6) is 0.159. The first-order valence-corrected chi connectivity index (χ1v) is 9.47. The van der Waals surface area contributed by atoms with Gasteiger partial charge in [-0.05, 0) is 55.7 Å². The molecule has 7 heteroatoms. The highest BCUT2D eigenvalue weighted by Crippen LogP contribution is 2.24. The van der Waals surface area contributed by atoms with Gasteiger partial charge in [0, 0.05) is 10.7 Å². The van der Waals surface area contributed by atoms with Gasteiger partial charge in [0.15, 0.2) is 5.16 Å². The van der Waals surface area contributed by atoms with Crippen molar-refractivity contribution in [2.75, 3.05) is 11.1 Å². The molecule has 0 fully saturated rings. The van der Waals surface area contributed by atoms with Crippen LogP contribution in [0.25, 0.3) is 5.69 Å². The number of anilines is 1. The maximum absolute atomic E-state index is 12.3. The fourth-order valence-corrected chi connectivity index (χ4v) is 3.34. The van der Waals surface area contributed by atoms with Crippen LogP contribution in [0.3, 0.4) is 0 Å². The second kappa shape index (κ2) is 7.93. The number of carbonyl (C=O) groups excluding carboxylic acids is 1. The molecule has 0 saturated heterocycles. The fraction of sp³-hybridized carbons (Fsp3) is 0.211. The van der Waals surface area contributed by atoms with Crippen LogP contribution in [-0.2, 0) is 4.79 Å². The monoisotopic (exact) mass is 386 g/mol. The number of amides is 1. The van der Waals surface area contributed by atoms with Crippen molar-refractivity contribution in [3.05, 3.63) is 64.4 Å². The molecule has 3 rings (SSSR count). The highest BCUT2D eigenvalue weighted by Gasteiger charge is 2.12. The number of nitrogens with one attached hydrogen (secondary N) is 1. The molecule has 0 spiro atoms. The number of carbonyl (C=O) groups is 1.